The lowest BCUT2D eigenvalue weighted by Crippen LogP contribution is -2.23. The molecule has 2 saturated carbocycles. The van der Waals surface area contributed by atoms with Crippen molar-refractivity contribution in [3.8, 4) is 0 Å². The molecule has 0 aromatic carbocycles. The second kappa shape index (κ2) is 4.57. The van der Waals surface area contributed by atoms with E-state index in [1.165, 1.54) is 19.4 Å². The first-order chi connectivity index (χ1) is 7.85. The molecule has 0 spiro atoms. The van der Waals surface area contributed by atoms with Crippen molar-refractivity contribution in [1.29, 1.82) is 0 Å². The maximum atomic E-state index is 3.74. The lowest BCUT2D eigenvalue weighted by atomic mass is 9.79. The van der Waals surface area contributed by atoms with Crippen LogP contribution in [0.15, 0.2) is 0 Å². The Labute approximate surface area is 108 Å². The molecule has 2 atom stereocenters. The van der Waals surface area contributed by atoms with Gasteiger partial charge in [0.1, 0.15) is 0 Å². The van der Waals surface area contributed by atoms with Crippen LogP contribution in [-0.2, 0) is 0 Å². The van der Waals surface area contributed by atoms with E-state index in [0.717, 1.165) is 35.6 Å². The Hall–Kier alpha value is -0.0400. The van der Waals surface area contributed by atoms with Crippen LogP contribution in [0.1, 0.15) is 54.4 Å². The SMILES string of the molecule is CC(C)C(C(C)C)C1C(CNC2CC2)C1(C)C. The minimum absolute atomic E-state index is 0.571. The van der Waals surface area contributed by atoms with Crippen LogP contribution in [0.25, 0.3) is 0 Å². The molecule has 2 rings (SSSR count). The third kappa shape index (κ3) is 2.70. The Morgan fingerprint density at radius 1 is 1.06 bits per heavy atom. The van der Waals surface area contributed by atoms with Crippen LogP contribution in [0.5, 0.6) is 0 Å². The molecule has 0 aromatic rings. The van der Waals surface area contributed by atoms with E-state index in [1.54, 1.807) is 0 Å². The molecule has 2 fully saturated rings. The van der Waals surface area contributed by atoms with E-state index in [-0.39, 0.29) is 0 Å². The fourth-order valence-electron chi connectivity index (χ4n) is 4.12. The first-order valence-corrected chi connectivity index (χ1v) is 7.59. The van der Waals surface area contributed by atoms with Crippen LogP contribution >= 0.6 is 0 Å². The second-order valence-electron chi connectivity index (χ2n) is 7.70. The molecule has 1 nitrogen and oxygen atoms in total. The summed E-state index contributed by atoms with van der Waals surface area (Å²) in [5, 5.41) is 3.74. The van der Waals surface area contributed by atoms with Gasteiger partial charge in [0.15, 0.2) is 0 Å². The monoisotopic (exact) mass is 237 g/mol. The van der Waals surface area contributed by atoms with Crippen molar-refractivity contribution in [3.05, 3.63) is 0 Å². The minimum Gasteiger partial charge on any atom is -0.314 e. The molecular weight excluding hydrogens is 206 g/mol. The molecule has 2 aliphatic rings. The number of rotatable bonds is 6. The normalized spacial score (nSPS) is 31.6. The zero-order valence-corrected chi connectivity index (χ0v) is 12.6. The predicted molar refractivity (Wildman–Crippen MR) is 75.0 cm³/mol. The van der Waals surface area contributed by atoms with Crippen LogP contribution in [-0.4, -0.2) is 12.6 Å². The highest BCUT2D eigenvalue weighted by atomic mass is 15.0. The van der Waals surface area contributed by atoms with Crippen LogP contribution in [0.2, 0.25) is 0 Å². The van der Waals surface area contributed by atoms with Crippen LogP contribution in [0.3, 0.4) is 0 Å². The molecule has 1 N–H and O–H groups in total. The maximum absolute atomic E-state index is 3.74. The van der Waals surface area contributed by atoms with Gasteiger partial charge < -0.3 is 5.32 Å². The molecule has 0 heterocycles. The maximum Gasteiger partial charge on any atom is 0.00683 e. The zero-order chi connectivity index (χ0) is 12.8. The van der Waals surface area contributed by atoms with Gasteiger partial charge in [0, 0.05) is 6.04 Å². The highest BCUT2D eigenvalue weighted by Gasteiger charge is 2.60. The molecule has 0 saturated heterocycles. The molecule has 0 aromatic heterocycles. The van der Waals surface area contributed by atoms with E-state index in [9.17, 15) is 0 Å². The third-order valence-corrected chi connectivity index (χ3v) is 5.30. The molecule has 17 heavy (non-hydrogen) atoms. The van der Waals surface area contributed by atoms with Crippen molar-refractivity contribution in [2.45, 2.75) is 60.4 Å². The van der Waals surface area contributed by atoms with Crippen molar-refractivity contribution < 1.29 is 0 Å². The lowest BCUT2D eigenvalue weighted by Gasteiger charge is -2.26. The number of hydrogen-bond donors (Lipinski definition) is 1. The van der Waals surface area contributed by atoms with E-state index in [1.807, 2.05) is 0 Å². The summed E-state index contributed by atoms with van der Waals surface area (Å²) in [4.78, 5) is 0. The summed E-state index contributed by atoms with van der Waals surface area (Å²) < 4.78 is 0. The molecule has 1 heteroatoms. The average molecular weight is 237 g/mol. The van der Waals surface area contributed by atoms with E-state index in [2.05, 4.69) is 46.9 Å². The van der Waals surface area contributed by atoms with Crippen molar-refractivity contribution >= 4 is 0 Å². The Morgan fingerprint density at radius 3 is 2.00 bits per heavy atom. The molecule has 0 aliphatic heterocycles. The lowest BCUT2D eigenvalue weighted by molar-refractivity contribution is 0.221. The van der Waals surface area contributed by atoms with Crippen molar-refractivity contribution in [3.63, 3.8) is 0 Å². The predicted octanol–water partition coefficient (Wildman–Crippen LogP) is 3.94. The first kappa shape index (κ1) is 13.4. The first-order valence-electron chi connectivity index (χ1n) is 7.59. The van der Waals surface area contributed by atoms with E-state index in [4.69, 9.17) is 0 Å². The average Bonchev–Trinajstić information content (AvgIpc) is 3.04. The highest BCUT2D eigenvalue weighted by molar-refractivity contribution is 5.09. The quantitative estimate of drug-likeness (QED) is 0.738. The largest absolute Gasteiger partial charge is 0.314 e. The van der Waals surface area contributed by atoms with Crippen molar-refractivity contribution in [2.75, 3.05) is 6.54 Å². The van der Waals surface area contributed by atoms with Crippen LogP contribution < -0.4 is 5.32 Å². The third-order valence-electron chi connectivity index (χ3n) is 5.30. The van der Waals surface area contributed by atoms with Gasteiger partial charge in [-0.1, -0.05) is 41.5 Å². The summed E-state index contributed by atoms with van der Waals surface area (Å²) >= 11 is 0. The minimum atomic E-state index is 0.571. The van der Waals surface area contributed by atoms with Gasteiger partial charge in [-0.2, -0.15) is 0 Å². The van der Waals surface area contributed by atoms with Crippen LogP contribution in [0, 0.1) is 35.0 Å². The standard InChI is InChI=1S/C16H31N/c1-10(2)14(11(3)4)15-13(16(15,5)6)9-17-12-7-8-12/h10-15,17H,7-9H2,1-6H3. The van der Waals surface area contributed by atoms with Gasteiger partial charge in [0.05, 0.1) is 0 Å². The Morgan fingerprint density at radius 2 is 1.59 bits per heavy atom. The van der Waals surface area contributed by atoms with Gasteiger partial charge in [-0.15, -0.1) is 0 Å². The topological polar surface area (TPSA) is 12.0 Å². The fourth-order valence-corrected chi connectivity index (χ4v) is 4.12. The molecule has 0 amide bonds. The fraction of sp³-hybridized carbons (Fsp3) is 1.00. The van der Waals surface area contributed by atoms with Gasteiger partial charge in [-0.3, -0.25) is 0 Å². The molecule has 2 aliphatic carbocycles. The highest BCUT2D eigenvalue weighted by Crippen LogP contribution is 2.64. The van der Waals surface area contributed by atoms with E-state index < -0.39 is 0 Å². The molecule has 0 radical (unpaired) electrons. The van der Waals surface area contributed by atoms with E-state index >= 15 is 0 Å². The summed E-state index contributed by atoms with van der Waals surface area (Å²) in [7, 11) is 0. The summed E-state index contributed by atoms with van der Waals surface area (Å²) in [5.74, 6) is 4.40. The van der Waals surface area contributed by atoms with Gasteiger partial charge in [-0.25, -0.2) is 0 Å². The number of nitrogens with one attached hydrogen (secondary N) is 1. The number of hydrogen-bond acceptors (Lipinski definition) is 1. The molecule has 2 unspecified atom stereocenters. The molecule has 0 bridgehead atoms. The smallest absolute Gasteiger partial charge is 0.00683 e. The Kier molecular flexibility index (Phi) is 3.60. The Balaban J connectivity index is 1.94. The zero-order valence-electron chi connectivity index (χ0n) is 12.6. The Bertz CT molecular complexity index is 255. The molecular formula is C16H31N. The van der Waals surface area contributed by atoms with Crippen molar-refractivity contribution in [1.82, 2.24) is 5.32 Å². The van der Waals surface area contributed by atoms with Crippen molar-refractivity contribution in [2.24, 2.45) is 35.0 Å². The van der Waals surface area contributed by atoms with Gasteiger partial charge in [0.2, 0.25) is 0 Å². The van der Waals surface area contributed by atoms with Gasteiger partial charge in [0.25, 0.3) is 0 Å². The van der Waals surface area contributed by atoms with Crippen LogP contribution in [0.4, 0.5) is 0 Å². The summed E-state index contributed by atoms with van der Waals surface area (Å²) in [6.45, 7) is 15.9. The van der Waals surface area contributed by atoms with Gasteiger partial charge in [-0.05, 0) is 54.4 Å². The second-order valence-corrected chi connectivity index (χ2v) is 7.70. The summed E-state index contributed by atoms with van der Waals surface area (Å²) in [5.41, 5.74) is 0.571. The summed E-state index contributed by atoms with van der Waals surface area (Å²) in [6.07, 6.45) is 2.82. The molecule has 100 valence electrons. The van der Waals surface area contributed by atoms with Gasteiger partial charge >= 0.3 is 0 Å². The van der Waals surface area contributed by atoms with E-state index in [0.29, 0.717) is 5.41 Å². The summed E-state index contributed by atoms with van der Waals surface area (Å²) in [6, 6.07) is 0.864.